The number of hydrogen-bond donors (Lipinski definition) is 2. The summed E-state index contributed by atoms with van der Waals surface area (Å²) in [6.45, 7) is 1.66. The summed E-state index contributed by atoms with van der Waals surface area (Å²) in [5, 5.41) is 9.59. The summed E-state index contributed by atoms with van der Waals surface area (Å²) in [6.07, 6.45) is 1.70. The summed E-state index contributed by atoms with van der Waals surface area (Å²) in [5.41, 5.74) is 7.73. The van der Waals surface area contributed by atoms with Crippen molar-refractivity contribution >= 4 is 27.3 Å². The molecule has 2 rings (SSSR count). The van der Waals surface area contributed by atoms with Gasteiger partial charge >= 0.3 is 0 Å². The van der Waals surface area contributed by atoms with E-state index in [0.717, 1.165) is 35.2 Å². The van der Waals surface area contributed by atoms with Crippen LogP contribution in [0.4, 0.5) is 11.4 Å². The monoisotopic (exact) mass is 270 g/mol. The molecule has 0 radical (unpaired) electrons. The van der Waals surface area contributed by atoms with Crippen LogP contribution >= 0.6 is 15.9 Å². The van der Waals surface area contributed by atoms with Gasteiger partial charge in [-0.25, -0.2) is 0 Å². The third kappa shape index (κ3) is 2.44. The number of nitrogen functional groups attached to an aromatic ring is 1. The lowest BCUT2D eigenvalue weighted by atomic mass is 10.1. The van der Waals surface area contributed by atoms with Crippen molar-refractivity contribution in [2.75, 3.05) is 23.7 Å². The van der Waals surface area contributed by atoms with Gasteiger partial charge in [0.1, 0.15) is 0 Å². The van der Waals surface area contributed by atoms with Crippen LogP contribution in [0.25, 0.3) is 0 Å². The van der Waals surface area contributed by atoms with Gasteiger partial charge in [-0.3, -0.25) is 0 Å². The minimum Gasteiger partial charge on any atom is -0.397 e. The fourth-order valence-electron chi connectivity index (χ4n) is 1.99. The molecular formula is C11H15BrN2O. The van der Waals surface area contributed by atoms with Crippen molar-refractivity contribution in [1.82, 2.24) is 0 Å². The second-order valence-electron chi connectivity index (χ2n) is 3.95. The molecule has 0 bridgehead atoms. The molecular weight excluding hydrogens is 256 g/mol. The van der Waals surface area contributed by atoms with Gasteiger partial charge in [0.05, 0.1) is 17.5 Å². The van der Waals surface area contributed by atoms with Crippen molar-refractivity contribution in [2.45, 2.75) is 18.9 Å². The predicted molar refractivity (Wildman–Crippen MR) is 66.0 cm³/mol. The van der Waals surface area contributed by atoms with Crippen LogP contribution in [-0.4, -0.2) is 24.3 Å². The van der Waals surface area contributed by atoms with Crippen LogP contribution in [0.5, 0.6) is 0 Å². The van der Waals surface area contributed by atoms with E-state index in [1.807, 2.05) is 18.2 Å². The largest absolute Gasteiger partial charge is 0.397 e. The van der Waals surface area contributed by atoms with Crippen molar-refractivity contribution in [1.29, 1.82) is 0 Å². The highest BCUT2D eigenvalue weighted by Gasteiger charge is 2.19. The van der Waals surface area contributed by atoms with Crippen molar-refractivity contribution in [3.63, 3.8) is 0 Å². The highest BCUT2D eigenvalue weighted by Crippen LogP contribution is 2.28. The zero-order chi connectivity index (χ0) is 10.8. The number of rotatable bonds is 1. The molecule has 0 aromatic heterocycles. The van der Waals surface area contributed by atoms with Gasteiger partial charge in [0.2, 0.25) is 0 Å². The van der Waals surface area contributed by atoms with Gasteiger partial charge in [-0.15, -0.1) is 0 Å². The van der Waals surface area contributed by atoms with Crippen molar-refractivity contribution in [2.24, 2.45) is 0 Å². The molecule has 1 aromatic carbocycles. The molecule has 1 unspecified atom stereocenters. The highest BCUT2D eigenvalue weighted by molar-refractivity contribution is 9.10. The number of anilines is 2. The van der Waals surface area contributed by atoms with Gasteiger partial charge in [0.25, 0.3) is 0 Å². The summed E-state index contributed by atoms with van der Waals surface area (Å²) >= 11 is 3.38. The maximum Gasteiger partial charge on any atom is 0.0715 e. The quantitative estimate of drug-likeness (QED) is 0.768. The fraction of sp³-hybridized carbons (Fsp3) is 0.455. The van der Waals surface area contributed by atoms with E-state index in [0.29, 0.717) is 6.54 Å². The second kappa shape index (κ2) is 4.41. The number of nitrogens with zero attached hydrogens (tertiary/aromatic N) is 1. The van der Waals surface area contributed by atoms with Gasteiger partial charge in [-0.05, 0) is 31.0 Å². The van der Waals surface area contributed by atoms with Crippen LogP contribution in [0.3, 0.4) is 0 Å². The molecule has 1 aromatic rings. The topological polar surface area (TPSA) is 49.5 Å². The number of aliphatic hydroxyl groups is 1. The smallest absolute Gasteiger partial charge is 0.0715 e. The molecule has 3 nitrogen and oxygen atoms in total. The third-order valence-electron chi connectivity index (χ3n) is 2.73. The fourth-order valence-corrected chi connectivity index (χ4v) is 2.37. The van der Waals surface area contributed by atoms with E-state index in [1.165, 1.54) is 0 Å². The predicted octanol–water partition coefficient (Wildman–Crippen LogP) is 1.99. The standard InChI is InChI=1S/C11H15BrN2O/c12-8-3-4-11(10(13)6-8)14-5-1-2-9(15)7-14/h3-4,6,9,15H,1-2,5,7,13H2. The summed E-state index contributed by atoms with van der Waals surface area (Å²) in [6, 6.07) is 5.88. The maximum atomic E-state index is 9.59. The molecule has 1 fully saturated rings. The Morgan fingerprint density at radius 1 is 1.47 bits per heavy atom. The first-order chi connectivity index (χ1) is 7.16. The average molecular weight is 271 g/mol. The van der Waals surface area contributed by atoms with Crippen LogP contribution in [0, 0.1) is 0 Å². The molecule has 1 aliphatic rings. The Morgan fingerprint density at radius 3 is 2.93 bits per heavy atom. The number of hydrogen-bond acceptors (Lipinski definition) is 3. The van der Waals surface area contributed by atoms with Crippen molar-refractivity contribution in [3.8, 4) is 0 Å². The molecule has 3 N–H and O–H groups in total. The first kappa shape index (κ1) is 10.8. The van der Waals surface area contributed by atoms with Crippen LogP contribution < -0.4 is 10.6 Å². The normalized spacial score (nSPS) is 21.7. The van der Waals surface area contributed by atoms with Gasteiger partial charge in [-0.2, -0.15) is 0 Å². The lowest BCUT2D eigenvalue weighted by molar-refractivity contribution is 0.154. The van der Waals surface area contributed by atoms with E-state index in [-0.39, 0.29) is 6.10 Å². The third-order valence-corrected chi connectivity index (χ3v) is 3.22. The summed E-state index contributed by atoms with van der Waals surface area (Å²) in [5.74, 6) is 0. The Bertz CT molecular complexity index is 356. The van der Waals surface area contributed by atoms with E-state index >= 15 is 0 Å². The average Bonchev–Trinajstić information content (AvgIpc) is 2.17. The maximum absolute atomic E-state index is 9.59. The van der Waals surface area contributed by atoms with Gasteiger partial charge < -0.3 is 15.7 Å². The van der Waals surface area contributed by atoms with E-state index in [1.54, 1.807) is 0 Å². The van der Waals surface area contributed by atoms with Crippen molar-refractivity contribution in [3.05, 3.63) is 22.7 Å². The molecule has 0 spiro atoms. The summed E-state index contributed by atoms with van der Waals surface area (Å²) < 4.78 is 0.987. The molecule has 1 heterocycles. The summed E-state index contributed by atoms with van der Waals surface area (Å²) in [7, 11) is 0. The molecule has 15 heavy (non-hydrogen) atoms. The number of nitrogens with two attached hydrogens (primary N) is 1. The Hall–Kier alpha value is -0.740. The summed E-state index contributed by atoms with van der Waals surface area (Å²) in [4.78, 5) is 2.15. The minimum absolute atomic E-state index is 0.221. The van der Waals surface area contributed by atoms with E-state index in [4.69, 9.17) is 5.73 Å². The Labute approximate surface area is 98.0 Å². The molecule has 0 saturated carbocycles. The molecule has 4 heteroatoms. The number of aliphatic hydroxyl groups excluding tert-OH is 1. The lowest BCUT2D eigenvalue weighted by Gasteiger charge is -2.32. The zero-order valence-electron chi connectivity index (χ0n) is 8.49. The molecule has 82 valence electrons. The Kier molecular flexibility index (Phi) is 3.17. The van der Waals surface area contributed by atoms with Gasteiger partial charge in [-0.1, -0.05) is 15.9 Å². The molecule has 1 atom stereocenters. The Balaban J connectivity index is 2.21. The molecule has 1 saturated heterocycles. The SMILES string of the molecule is Nc1cc(Br)ccc1N1CCCC(O)C1. The number of benzene rings is 1. The highest BCUT2D eigenvalue weighted by atomic mass is 79.9. The Morgan fingerprint density at radius 2 is 2.27 bits per heavy atom. The van der Waals surface area contributed by atoms with Crippen LogP contribution in [0.1, 0.15) is 12.8 Å². The number of halogens is 1. The molecule has 0 aliphatic carbocycles. The molecule has 1 aliphatic heterocycles. The van der Waals surface area contributed by atoms with Gasteiger partial charge in [0, 0.05) is 17.6 Å². The lowest BCUT2D eigenvalue weighted by Crippen LogP contribution is -2.38. The number of piperidine rings is 1. The number of β-amino-alcohol motifs (C(OH)–C–C–N with tert-alkyl or cyclic N) is 1. The van der Waals surface area contributed by atoms with E-state index in [9.17, 15) is 5.11 Å². The van der Waals surface area contributed by atoms with Gasteiger partial charge in [0.15, 0.2) is 0 Å². The first-order valence-electron chi connectivity index (χ1n) is 5.15. The zero-order valence-corrected chi connectivity index (χ0v) is 10.1. The van der Waals surface area contributed by atoms with E-state index < -0.39 is 0 Å². The van der Waals surface area contributed by atoms with Crippen LogP contribution in [0.2, 0.25) is 0 Å². The first-order valence-corrected chi connectivity index (χ1v) is 5.94. The van der Waals surface area contributed by atoms with Crippen LogP contribution in [0.15, 0.2) is 22.7 Å². The second-order valence-corrected chi connectivity index (χ2v) is 4.86. The minimum atomic E-state index is -0.221. The van der Waals surface area contributed by atoms with Crippen molar-refractivity contribution < 1.29 is 5.11 Å². The van der Waals surface area contributed by atoms with E-state index in [2.05, 4.69) is 20.8 Å². The van der Waals surface area contributed by atoms with Crippen LogP contribution in [-0.2, 0) is 0 Å². The molecule has 0 amide bonds.